The molecule has 0 unspecified atom stereocenters. The zero-order chi connectivity index (χ0) is 15.0. The van der Waals surface area contributed by atoms with Gasteiger partial charge in [0.2, 0.25) is 0 Å². The quantitative estimate of drug-likeness (QED) is 0.624. The van der Waals surface area contributed by atoms with Crippen molar-refractivity contribution in [3.05, 3.63) is 30.1 Å². The third-order valence-electron chi connectivity index (χ3n) is 4.51. The molecule has 1 aromatic heterocycles. The smallest absolute Gasteiger partial charge is 0.191 e. The van der Waals surface area contributed by atoms with Crippen molar-refractivity contribution in [1.29, 1.82) is 0 Å². The Morgan fingerprint density at radius 2 is 2.05 bits per heavy atom. The zero-order valence-corrected chi connectivity index (χ0v) is 13.4. The van der Waals surface area contributed by atoms with Gasteiger partial charge < -0.3 is 10.6 Å². The van der Waals surface area contributed by atoms with E-state index in [-0.39, 0.29) is 0 Å². The summed E-state index contributed by atoms with van der Waals surface area (Å²) in [6, 6.07) is 5.95. The van der Waals surface area contributed by atoms with Crippen LogP contribution in [0.2, 0.25) is 0 Å². The summed E-state index contributed by atoms with van der Waals surface area (Å²) in [7, 11) is 0. The maximum absolute atomic E-state index is 4.64. The summed E-state index contributed by atoms with van der Waals surface area (Å²) in [5, 5.41) is 6.86. The molecule has 1 aromatic rings. The van der Waals surface area contributed by atoms with Crippen LogP contribution in [0.15, 0.2) is 29.4 Å². The molecule has 0 saturated heterocycles. The molecule has 4 nitrogen and oxygen atoms in total. The monoisotopic (exact) mass is 288 g/mol. The van der Waals surface area contributed by atoms with E-state index in [0.717, 1.165) is 24.7 Å². The lowest BCUT2D eigenvalue weighted by Crippen LogP contribution is -2.42. The highest BCUT2D eigenvalue weighted by Crippen LogP contribution is 2.40. The maximum Gasteiger partial charge on any atom is 0.191 e. The fourth-order valence-corrected chi connectivity index (χ4v) is 3.05. The standard InChI is InChI=1S/C17H28N4/c1-3-17(10-6-7-11-17)14-21-16(18-4-2)20-13-15-9-5-8-12-19-15/h5,8-9,12H,3-4,6-7,10-11,13-14H2,1-2H3,(H2,18,20,21). The lowest BCUT2D eigenvalue weighted by molar-refractivity contribution is 0.283. The molecule has 21 heavy (non-hydrogen) atoms. The van der Waals surface area contributed by atoms with Gasteiger partial charge in [-0.05, 0) is 43.7 Å². The molecule has 1 aliphatic carbocycles. The lowest BCUT2D eigenvalue weighted by atomic mass is 9.83. The van der Waals surface area contributed by atoms with Gasteiger partial charge in [-0.2, -0.15) is 0 Å². The molecule has 4 heteroatoms. The number of aliphatic imine (C=N–C) groups is 1. The van der Waals surface area contributed by atoms with E-state index >= 15 is 0 Å². The van der Waals surface area contributed by atoms with E-state index in [1.165, 1.54) is 32.1 Å². The number of pyridine rings is 1. The van der Waals surface area contributed by atoms with Crippen LogP contribution in [0.25, 0.3) is 0 Å². The van der Waals surface area contributed by atoms with Crippen LogP contribution in [0.1, 0.15) is 51.6 Å². The number of rotatable bonds is 6. The second-order valence-corrected chi connectivity index (χ2v) is 5.93. The second kappa shape index (κ2) is 8.01. The molecule has 1 heterocycles. The van der Waals surface area contributed by atoms with Crippen LogP contribution in [0.3, 0.4) is 0 Å². The van der Waals surface area contributed by atoms with Gasteiger partial charge in [-0.25, -0.2) is 4.99 Å². The number of hydrogen-bond acceptors (Lipinski definition) is 2. The van der Waals surface area contributed by atoms with Crippen molar-refractivity contribution < 1.29 is 0 Å². The molecule has 0 aromatic carbocycles. The van der Waals surface area contributed by atoms with Gasteiger partial charge in [-0.15, -0.1) is 0 Å². The first-order valence-electron chi connectivity index (χ1n) is 8.20. The van der Waals surface area contributed by atoms with Gasteiger partial charge in [0.1, 0.15) is 0 Å². The molecule has 116 valence electrons. The Labute approximate surface area is 128 Å². The molecule has 0 atom stereocenters. The summed E-state index contributed by atoms with van der Waals surface area (Å²) in [6.45, 7) is 6.94. The Bertz CT molecular complexity index is 435. The second-order valence-electron chi connectivity index (χ2n) is 5.93. The van der Waals surface area contributed by atoms with E-state index in [0.29, 0.717) is 12.0 Å². The first-order chi connectivity index (χ1) is 10.3. The third-order valence-corrected chi connectivity index (χ3v) is 4.51. The fourth-order valence-electron chi connectivity index (χ4n) is 3.05. The maximum atomic E-state index is 4.64. The van der Waals surface area contributed by atoms with Gasteiger partial charge in [0, 0.05) is 19.3 Å². The molecule has 2 N–H and O–H groups in total. The Kier molecular flexibility index (Phi) is 6.03. The summed E-state index contributed by atoms with van der Waals surface area (Å²) in [5.41, 5.74) is 1.47. The number of nitrogens with one attached hydrogen (secondary N) is 2. The lowest BCUT2D eigenvalue weighted by Gasteiger charge is -2.28. The van der Waals surface area contributed by atoms with Gasteiger partial charge >= 0.3 is 0 Å². The minimum Gasteiger partial charge on any atom is -0.357 e. The van der Waals surface area contributed by atoms with E-state index in [1.807, 2.05) is 24.4 Å². The van der Waals surface area contributed by atoms with E-state index in [9.17, 15) is 0 Å². The topological polar surface area (TPSA) is 49.3 Å². The predicted molar refractivity (Wildman–Crippen MR) is 88.2 cm³/mol. The Balaban J connectivity index is 1.92. The summed E-state index contributed by atoms with van der Waals surface area (Å²) in [6.07, 6.45) is 8.50. The molecule has 2 rings (SSSR count). The normalized spacial score (nSPS) is 17.7. The number of hydrogen-bond donors (Lipinski definition) is 2. The van der Waals surface area contributed by atoms with Gasteiger partial charge in [0.25, 0.3) is 0 Å². The van der Waals surface area contributed by atoms with Crippen LogP contribution < -0.4 is 10.6 Å². The van der Waals surface area contributed by atoms with Gasteiger partial charge in [-0.1, -0.05) is 25.8 Å². The van der Waals surface area contributed by atoms with Gasteiger partial charge in [0.05, 0.1) is 12.2 Å². The van der Waals surface area contributed by atoms with Crippen molar-refractivity contribution in [2.24, 2.45) is 10.4 Å². The molecule has 0 aliphatic heterocycles. The first kappa shape index (κ1) is 15.8. The van der Waals surface area contributed by atoms with Crippen LogP contribution in [0.4, 0.5) is 0 Å². The minimum atomic E-state index is 0.473. The molecule has 1 saturated carbocycles. The average Bonchev–Trinajstić information content (AvgIpc) is 3.00. The van der Waals surface area contributed by atoms with E-state index < -0.39 is 0 Å². The Morgan fingerprint density at radius 1 is 1.24 bits per heavy atom. The highest BCUT2D eigenvalue weighted by atomic mass is 15.2. The van der Waals surface area contributed by atoms with Crippen molar-refractivity contribution in [2.75, 3.05) is 13.1 Å². The van der Waals surface area contributed by atoms with Gasteiger partial charge in [0.15, 0.2) is 5.96 Å². The van der Waals surface area contributed by atoms with Crippen molar-refractivity contribution >= 4 is 5.96 Å². The summed E-state index contributed by atoms with van der Waals surface area (Å²) in [5.74, 6) is 0.905. The average molecular weight is 288 g/mol. The Hall–Kier alpha value is -1.58. The van der Waals surface area contributed by atoms with Crippen molar-refractivity contribution in [3.8, 4) is 0 Å². The molecule has 0 radical (unpaired) electrons. The van der Waals surface area contributed by atoms with Crippen LogP contribution in [0.5, 0.6) is 0 Å². The van der Waals surface area contributed by atoms with Crippen LogP contribution in [-0.2, 0) is 6.54 Å². The SMILES string of the molecule is CCNC(=NCc1ccccn1)NCC1(CC)CCCC1. The van der Waals surface area contributed by atoms with Crippen molar-refractivity contribution in [2.45, 2.75) is 52.5 Å². The molecule has 0 bridgehead atoms. The molecule has 1 fully saturated rings. The number of guanidine groups is 1. The van der Waals surface area contributed by atoms with E-state index in [2.05, 4.69) is 34.5 Å². The van der Waals surface area contributed by atoms with Crippen LogP contribution >= 0.6 is 0 Å². The first-order valence-corrected chi connectivity index (χ1v) is 8.20. The minimum absolute atomic E-state index is 0.473. The summed E-state index contributed by atoms with van der Waals surface area (Å²) < 4.78 is 0. The van der Waals surface area contributed by atoms with Crippen LogP contribution in [0, 0.1) is 5.41 Å². The fraction of sp³-hybridized carbons (Fsp3) is 0.647. The Morgan fingerprint density at radius 3 is 2.67 bits per heavy atom. The number of nitrogens with zero attached hydrogens (tertiary/aromatic N) is 2. The van der Waals surface area contributed by atoms with Crippen LogP contribution in [-0.4, -0.2) is 24.0 Å². The van der Waals surface area contributed by atoms with Crippen molar-refractivity contribution in [1.82, 2.24) is 15.6 Å². The highest BCUT2D eigenvalue weighted by molar-refractivity contribution is 5.79. The van der Waals surface area contributed by atoms with E-state index in [1.54, 1.807) is 0 Å². The van der Waals surface area contributed by atoms with Crippen molar-refractivity contribution in [3.63, 3.8) is 0 Å². The van der Waals surface area contributed by atoms with E-state index in [4.69, 9.17) is 0 Å². The third kappa shape index (κ3) is 4.73. The molecular weight excluding hydrogens is 260 g/mol. The zero-order valence-electron chi connectivity index (χ0n) is 13.4. The molecule has 1 aliphatic rings. The largest absolute Gasteiger partial charge is 0.357 e. The predicted octanol–water partition coefficient (Wildman–Crippen LogP) is 3.11. The molecule has 0 amide bonds. The summed E-state index contributed by atoms with van der Waals surface area (Å²) >= 11 is 0. The van der Waals surface area contributed by atoms with Gasteiger partial charge in [-0.3, -0.25) is 4.98 Å². The molecular formula is C17H28N4. The summed E-state index contributed by atoms with van der Waals surface area (Å²) in [4.78, 5) is 8.96. The highest BCUT2D eigenvalue weighted by Gasteiger charge is 2.31. The number of aromatic nitrogens is 1. The molecule has 0 spiro atoms.